The summed E-state index contributed by atoms with van der Waals surface area (Å²) in [6, 6.07) is 0. The van der Waals surface area contributed by atoms with Crippen LogP contribution in [0.3, 0.4) is 0 Å². The number of nitrogens with one attached hydrogen (secondary N) is 4. The van der Waals surface area contributed by atoms with Gasteiger partial charge in [-0.1, -0.05) is 11.8 Å². The van der Waals surface area contributed by atoms with E-state index in [4.69, 9.17) is 56.7 Å². The summed E-state index contributed by atoms with van der Waals surface area (Å²) in [7, 11) is -14.4. The lowest BCUT2D eigenvalue weighted by Crippen LogP contribution is -2.42. The van der Waals surface area contributed by atoms with Gasteiger partial charge in [-0.05, 0) is 0 Å². The largest absolute Gasteiger partial charge is 0.491 e. The zero-order chi connectivity index (χ0) is 49.9. The molecule has 2 fully saturated rings. The molecule has 4 aromatic heterocycles. The molecule has 0 aromatic carbocycles. The third-order valence-corrected chi connectivity index (χ3v) is 17.3. The first kappa shape index (κ1) is 53.0. The van der Waals surface area contributed by atoms with E-state index in [-0.39, 0.29) is 47.7 Å². The number of phosphoric ester groups is 1. The number of imidazole rings is 1. The number of aromatic nitrogens is 9. The van der Waals surface area contributed by atoms with Crippen LogP contribution in [-0.2, 0) is 70.0 Å². The SMILES string of the molecule is C=CN(c1nc(N)[nH]c(=O)c1NC)[C@@H]1O[C@H](COP(=O)(OC)OP(=O)(OC)OP(=O)(OC)c2cn(CCNP(=O)(OC)OC[C@H]3O[C@@H](n4cnc5c(=O)[nH]c(N)nc54)C(O)C3O)nn2)C(O)C1O. The van der Waals surface area contributed by atoms with E-state index in [0.29, 0.717) is 0 Å². The molecule has 2 aliphatic heterocycles. The standard InChI is InChI=1S/C30H48N14O20P4/c1-7-43(23-17(33-2)25(49)38-29(31)36-23)27-21(47)20(46)15(61-27)12-60-67(53,57-5)64-68(54,58-6)63-65(51,55-3)16-10-42(41-40-16)9-8-35-66(52,56-4)59-11-14-19(45)22(48)28(62-14)44-13-34-18-24(44)37-30(32)39-26(18)50/h7,10,13-15,19-22,27-28,33,45-48H,1,8-9,11-12H2,2-6H3,(H,35,52)(H3,31,36,38,49)(H3,32,37,39,50)/t14-,15-,19?,20?,21?,22?,27-,28-,65?,66?,67?,68?/m1/s1. The highest BCUT2D eigenvalue weighted by Gasteiger charge is 2.51. The number of aliphatic hydroxyl groups excluding tert-OH is 4. The number of ether oxygens (including phenoxy) is 2. The second-order valence-electron chi connectivity index (χ2n) is 14.0. The van der Waals surface area contributed by atoms with Gasteiger partial charge in [-0.2, -0.15) is 14.3 Å². The number of rotatable bonds is 24. The molecule has 34 nitrogen and oxygen atoms in total. The van der Waals surface area contributed by atoms with Crippen LogP contribution in [0.1, 0.15) is 6.23 Å². The van der Waals surface area contributed by atoms with Gasteiger partial charge in [0.1, 0.15) is 42.3 Å². The van der Waals surface area contributed by atoms with E-state index in [0.717, 1.165) is 56.7 Å². The number of hydrogen-bond donors (Lipinski definition) is 10. The molecule has 6 heterocycles. The zero-order valence-electron chi connectivity index (χ0n) is 36.2. The van der Waals surface area contributed by atoms with Crippen molar-refractivity contribution in [3.8, 4) is 0 Å². The molecule has 0 saturated carbocycles. The van der Waals surface area contributed by atoms with Crippen molar-refractivity contribution < 1.29 is 83.9 Å². The summed E-state index contributed by atoms with van der Waals surface area (Å²) in [5.74, 6) is -0.678. The summed E-state index contributed by atoms with van der Waals surface area (Å²) in [6.07, 6.45) is -8.93. The fourth-order valence-electron chi connectivity index (χ4n) is 6.46. The van der Waals surface area contributed by atoms with E-state index in [9.17, 15) is 48.3 Å². The van der Waals surface area contributed by atoms with Gasteiger partial charge in [-0.25, -0.2) is 28.1 Å². The van der Waals surface area contributed by atoms with Crippen molar-refractivity contribution in [1.82, 2.24) is 49.6 Å². The molecule has 0 radical (unpaired) electrons. The van der Waals surface area contributed by atoms with Crippen LogP contribution in [0.2, 0.25) is 0 Å². The maximum Gasteiger partial charge on any atom is 0.491 e. The van der Waals surface area contributed by atoms with Gasteiger partial charge in [0.2, 0.25) is 11.9 Å². The van der Waals surface area contributed by atoms with E-state index in [2.05, 4.69) is 52.2 Å². The smallest absolute Gasteiger partial charge is 0.387 e. The molecular formula is C30H48N14O20P4. The summed E-state index contributed by atoms with van der Waals surface area (Å²) < 4.78 is 109. The Labute approximate surface area is 382 Å². The van der Waals surface area contributed by atoms with Crippen molar-refractivity contribution in [1.29, 1.82) is 0 Å². The van der Waals surface area contributed by atoms with Crippen LogP contribution < -0.4 is 43.3 Å². The first-order chi connectivity index (χ1) is 32.1. The molecule has 12 N–H and O–H groups in total. The molecule has 0 spiro atoms. The minimum atomic E-state index is -5.28. The monoisotopic (exact) mass is 1050 g/mol. The molecule has 12 atom stereocenters. The predicted octanol–water partition coefficient (Wildman–Crippen LogP) is -2.20. The number of nitrogens with zero attached hydrogens (tertiary/aromatic N) is 8. The molecule has 38 heteroatoms. The van der Waals surface area contributed by atoms with Crippen LogP contribution in [0, 0.1) is 0 Å². The molecular weight excluding hydrogens is 1000 g/mol. The van der Waals surface area contributed by atoms with E-state index in [1.165, 1.54) is 11.6 Å². The molecule has 0 bridgehead atoms. The Balaban J connectivity index is 1.04. The number of nitrogens with two attached hydrogens (primary N) is 2. The lowest BCUT2D eigenvalue weighted by Gasteiger charge is -2.29. The fourth-order valence-corrected chi connectivity index (χ4v) is 12.6. The highest BCUT2D eigenvalue weighted by molar-refractivity contribution is 7.72. The van der Waals surface area contributed by atoms with E-state index < -0.39 is 110 Å². The summed E-state index contributed by atoms with van der Waals surface area (Å²) in [5, 5.41) is 55.8. The second kappa shape index (κ2) is 21.3. The third-order valence-electron chi connectivity index (χ3n) is 9.88. The average molecular weight is 1050 g/mol. The average Bonchev–Trinajstić information content (AvgIpc) is 4.08. The third kappa shape index (κ3) is 11.1. The lowest BCUT2D eigenvalue weighted by atomic mass is 10.1. The lowest BCUT2D eigenvalue weighted by molar-refractivity contribution is -0.0490. The van der Waals surface area contributed by atoms with Crippen molar-refractivity contribution in [2.24, 2.45) is 0 Å². The van der Waals surface area contributed by atoms with Crippen LogP contribution >= 0.6 is 31.0 Å². The molecule has 8 unspecified atom stereocenters. The number of fused-ring (bicyclic) bond motifs is 1. The molecule has 378 valence electrons. The Morgan fingerprint density at radius 3 is 2.16 bits per heavy atom. The van der Waals surface area contributed by atoms with Crippen molar-refractivity contribution >= 4 is 71.0 Å². The fraction of sp³-hybridized carbons (Fsp3) is 0.567. The van der Waals surface area contributed by atoms with Gasteiger partial charge >= 0.3 is 31.0 Å². The first-order valence-corrected chi connectivity index (χ1v) is 25.4. The quantitative estimate of drug-likeness (QED) is 0.0333. The van der Waals surface area contributed by atoms with Gasteiger partial charge < -0.3 is 60.6 Å². The number of H-pyrrole nitrogens is 2. The van der Waals surface area contributed by atoms with Gasteiger partial charge in [-0.3, -0.25) is 51.5 Å². The van der Waals surface area contributed by atoms with Gasteiger partial charge in [0.15, 0.2) is 34.9 Å². The highest BCUT2D eigenvalue weighted by atomic mass is 31.3. The van der Waals surface area contributed by atoms with Crippen LogP contribution in [0.25, 0.3) is 11.2 Å². The normalized spacial score (nSPS) is 26.5. The Hall–Kier alpha value is -4.37. The van der Waals surface area contributed by atoms with Crippen LogP contribution in [0.5, 0.6) is 0 Å². The van der Waals surface area contributed by atoms with E-state index in [1.54, 1.807) is 0 Å². The van der Waals surface area contributed by atoms with E-state index >= 15 is 0 Å². The summed E-state index contributed by atoms with van der Waals surface area (Å²) in [4.78, 5) is 42.3. The number of aromatic amines is 2. The Morgan fingerprint density at radius 2 is 1.51 bits per heavy atom. The number of phosphoric acid groups is 2. The van der Waals surface area contributed by atoms with Crippen molar-refractivity contribution in [2.45, 2.75) is 55.6 Å². The van der Waals surface area contributed by atoms with Crippen LogP contribution in [0.4, 0.5) is 23.4 Å². The summed E-state index contributed by atoms with van der Waals surface area (Å²) in [6.45, 7) is 1.74. The van der Waals surface area contributed by atoms with Gasteiger partial charge in [-0.15, -0.1) is 5.10 Å². The topological polar surface area (TPSA) is 461 Å². The number of anilines is 4. The Bertz CT molecular complexity index is 2760. The molecule has 0 amide bonds. The minimum absolute atomic E-state index is 0.0379. The zero-order valence-corrected chi connectivity index (χ0v) is 39.8. The van der Waals surface area contributed by atoms with Gasteiger partial charge in [0.25, 0.3) is 11.1 Å². The molecule has 4 aromatic rings. The van der Waals surface area contributed by atoms with E-state index in [1.807, 2.05) is 0 Å². The summed E-state index contributed by atoms with van der Waals surface area (Å²) in [5.41, 5.74) is 9.18. The minimum Gasteiger partial charge on any atom is -0.387 e. The second-order valence-corrected chi connectivity index (χ2v) is 21.8. The van der Waals surface area contributed by atoms with Gasteiger partial charge in [0, 0.05) is 48.2 Å². The first-order valence-electron chi connectivity index (χ1n) is 19.3. The number of hydrogen-bond acceptors (Lipinski definition) is 29. The number of aliphatic hydroxyl groups is 4. The Kier molecular flexibility index (Phi) is 16.6. The maximum absolute atomic E-state index is 13.9. The number of nitrogen functional groups attached to an aromatic ring is 2. The van der Waals surface area contributed by atoms with Gasteiger partial charge in [0.05, 0.1) is 32.3 Å². The maximum atomic E-state index is 13.9. The molecule has 0 aliphatic carbocycles. The van der Waals surface area contributed by atoms with Crippen LogP contribution in [0.15, 0.2) is 34.9 Å². The molecule has 2 saturated heterocycles. The van der Waals surface area contributed by atoms with Crippen molar-refractivity contribution in [3.63, 3.8) is 0 Å². The van der Waals surface area contributed by atoms with Crippen LogP contribution in [-0.4, -0.2) is 163 Å². The summed E-state index contributed by atoms with van der Waals surface area (Å²) >= 11 is 0. The predicted molar refractivity (Wildman–Crippen MR) is 231 cm³/mol. The Morgan fingerprint density at radius 1 is 0.868 bits per heavy atom. The van der Waals surface area contributed by atoms with Crippen molar-refractivity contribution in [3.05, 3.63) is 46.0 Å². The molecule has 2 aliphatic rings. The highest BCUT2D eigenvalue weighted by Crippen LogP contribution is 2.71. The van der Waals surface area contributed by atoms with Crippen molar-refractivity contribution in [2.75, 3.05) is 76.9 Å². The molecule has 6 rings (SSSR count). The molecule has 68 heavy (non-hydrogen) atoms.